The Morgan fingerprint density at radius 2 is 2.00 bits per heavy atom. The lowest BCUT2D eigenvalue weighted by Crippen LogP contribution is -2.48. The fraction of sp³-hybridized carbons (Fsp3) is 0.529. The van der Waals surface area contributed by atoms with Crippen molar-refractivity contribution in [1.29, 1.82) is 0 Å². The van der Waals surface area contributed by atoms with Gasteiger partial charge in [-0.1, -0.05) is 0 Å². The van der Waals surface area contributed by atoms with Gasteiger partial charge >= 0.3 is 0 Å². The van der Waals surface area contributed by atoms with Crippen LogP contribution in [-0.2, 0) is 4.79 Å². The summed E-state index contributed by atoms with van der Waals surface area (Å²) in [4.78, 5) is 24.2. The Bertz CT molecular complexity index is 648. The van der Waals surface area contributed by atoms with E-state index in [4.69, 9.17) is 4.74 Å². The molecule has 122 valence electrons. The van der Waals surface area contributed by atoms with Crippen LogP contribution in [0.1, 0.15) is 43.0 Å². The molecule has 23 heavy (non-hydrogen) atoms. The molecule has 2 bridgehead atoms. The van der Waals surface area contributed by atoms with E-state index >= 15 is 0 Å². The summed E-state index contributed by atoms with van der Waals surface area (Å²) in [5.41, 5.74) is 1.11. The molecule has 0 radical (unpaired) electrons. The molecule has 2 saturated heterocycles. The molecule has 2 fully saturated rings. The molecule has 6 heteroatoms. The molecule has 0 aliphatic carbocycles. The molecule has 0 saturated carbocycles. The maximum absolute atomic E-state index is 12.5. The average Bonchev–Trinajstić information content (AvgIpc) is 2.87. The second-order valence-corrected chi connectivity index (χ2v) is 6.74. The minimum atomic E-state index is -0.507. The van der Waals surface area contributed by atoms with Crippen LogP contribution in [0.3, 0.4) is 0 Å². The first kappa shape index (κ1) is 14.5. The van der Waals surface area contributed by atoms with Gasteiger partial charge in [0, 0.05) is 23.7 Å². The first-order valence-corrected chi connectivity index (χ1v) is 8.27. The summed E-state index contributed by atoms with van der Waals surface area (Å²) >= 11 is 0. The highest BCUT2D eigenvalue weighted by atomic mass is 16.5. The van der Waals surface area contributed by atoms with Gasteiger partial charge in [0.25, 0.3) is 11.8 Å². The van der Waals surface area contributed by atoms with E-state index in [0.717, 1.165) is 12.8 Å². The predicted molar refractivity (Wildman–Crippen MR) is 85.6 cm³/mol. The Balaban J connectivity index is 1.46. The van der Waals surface area contributed by atoms with Gasteiger partial charge in [-0.05, 0) is 50.8 Å². The number of hydrogen-bond donors (Lipinski definition) is 3. The maximum atomic E-state index is 12.5. The van der Waals surface area contributed by atoms with Gasteiger partial charge < -0.3 is 20.7 Å². The SMILES string of the molecule is CC1Oc2ccc(C(=O)N[C@@H]3C[C@H]4CC[C@@H](C3)N4)cc2NC1=O. The number of benzene rings is 1. The second-order valence-electron chi connectivity index (χ2n) is 6.74. The van der Waals surface area contributed by atoms with Gasteiger partial charge in [-0.2, -0.15) is 0 Å². The zero-order chi connectivity index (χ0) is 16.0. The summed E-state index contributed by atoms with van der Waals surface area (Å²) in [6.07, 6.45) is 3.89. The molecule has 0 spiro atoms. The van der Waals surface area contributed by atoms with Crippen LogP contribution in [0.5, 0.6) is 5.75 Å². The molecule has 2 amide bonds. The molecule has 4 rings (SSSR count). The van der Waals surface area contributed by atoms with E-state index in [1.807, 2.05) is 0 Å². The molecule has 0 aromatic heterocycles. The number of carbonyl (C=O) groups is 2. The van der Waals surface area contributed by atoms with Crippen molar-refractivity contribution in [2.45, 2.75) is 56.8 Å². The fourth-order valence-electron chi connectivity index (χ4n) is 3.79. The molecule has 6 nitrogen and oxygen atoms in total. The van der Waals surface area contributed by atoms with E-state index in [-0.39, 0.29) is 17.9 Å². The van der Waals surface area contributed by atoms with Crippen molar-refractivity contribution in [2.24, 2.45) is 0 Å². The van der Waals surface area contributed by atoms with Crippen molar-refractivity contribution in [2.75, 3.05) is 5.32 Å². The number of rotatable bonds is 2. The topological polar surface area (TPSA) is 79.5 Å². The lowest BCUT2D eigenvalue weighted by molar-refractivity contribution is -0.122. The summed E-state index contributed by atoms with van der Waals surface area (Å²) in [7, 11) is 0. The highest BCUT2D eigenvalue weighted by Gasteiger charge is 2.34. The fourth-order valence-corrected chi connectivity index (χ4v) is 3.79. The van der Waals surface area contributed by atoms with Crippen LogP contribution in [0, 0.1) is 0 Å². The van der Waals surface area contributed by atoms with E-state index in [1.165, 1.54) is 12.8 Å². The number of nitrogens with one attached hydrogen (secondary N) is 3. The minimum Gasteiger partial charge on any atom is -0.479 e. The maximum Gasteiger partial charge on any atom is 0.265 e. The predicted octanol–water partition coefficient (Wildman–Crippen LogP) is 1.42. The molecule has 1 unspecified atom stereocenters. The largest absolute Gasteiger partial charge is 0.479 e. The van der Waals surface area contributed by atoms with Gasteiger partial charge in [0.05, 0.1) is 5.69 Å². The summed E-state index contributed by atoms with van der Waals surface area (Å²) < 4.78 is 5.51. The second kappa shape index (κ2) is 5.53. The van der Waals surface area contributed by atoms with E-state index < -0.39 is 6.10 Å². The van der Waals surface area contributed by atoms with Crippen LogP contribution in [0.25, 0.3) is 0 Å². The Kier molecular flexibility index (Phi) is 3.49. The van der Waals surface area contributed by atoms with Gasteiger partial charge in [-0.3, -0.25) is 9.59 Å². The van der Waals surface area contributed by atoms with Crippen LogP contribution < -0.4 is 20.7 Å². The van der Waals surface area contributed by atoms with E-state index in [1.54, 1.807) is 25.1 Å². The van der Waals surface area contributed by atoms with Crippen LogP contribution >= 0.6 is 0 Å². The number of piperidine rings is 1. The minimum absolute atomic E-state index is 0.0908. The quantitative estimate of drug-likeness (QED) is 0.771. The Labute approximate surface area is 135 Å². The standard InChI is InChI=1S/C17H21N3O3/c1-9-16(21)20-14-6-10(2-5-15(14)23-9)17(22)19-13-7-11-3-4-12(8-13)18-11/h2,5-6,9,11-13,18H,3-4,7-8H2,1H3,(H,19,22)(H,20,21)/t9?,11-,12+,13-. The van der Waals surface area contributed by atoms with Crippen molar-refractivity contribution in [3.63, 3.8) is 0 Å². The van der Waals surface area contributed by atoms with Crippen molar-refractivity contribution in [3.05, 3.63) is 23.8 Å². The first-order chi connectivity index (χ1) is 11.1. The molecule has 3 aliphatic rings. The third-order valence-electron chi connectivity index (χ3n) is 4.98. The van der Waals surface area contributed by atoms with Crippen molar-refractivity contribution in [1.82, 2.24) is 10.6 Å². The van der Waals surface area contributed by atoms with Crippen molar-refractivity contribution >= 4 is 17.5 Å². The van der Waals surface area contributed by atoms with Gasteiger partial charge in [0.1, 0.15) is 5.75 Å². The first-order valence-electron chi connectivity index (χ1n) is 8.27. The molecule has 3 aliphatic heterocycles. The lowest BCUT2D eigenvalue weighted by Gasteiger charge is -2.30. The zero-order valence-corrected chi connectivity index (χ0v) is 13.1. The van der Waals surface area contributed by atoms with Gasteiger partial charge in [-0.15, -0.1) is 0 Å². The van der Waals surface area contributed by atoms with Gasteiger partial charge in [0.15, 0.2) is 6.10 Å². The number of amides is 2. The average molecular weight is 315 g/mol. The third kappa shape index (κ3) is 2.79. The zero-order valence-electron chi connectivity index (χ0n) is 13.1. The van der Waals surface area contributed by atoms with E-state index in [9.17, 15) is 9.59 Å². The number of ether oxygens (including phenoxy) is 1. The molecule has 1 aromatic rings. The normalized spacial score (nSPS) is 31.8. The van der Waals surface area contributed by atoms with E-state index in [0.29, 0.717) is 29.1 Å². The van der Waals surface area contributed by atoms with Crippen LogP contribution in [0.15, 0.2) is 18.2 Å². The summed E-state index contributed by atoms with van der Waals surface area (Å²) in [5.74, 6) is 0.325. The van der Waals surface area contributed by atoms with E-state index in [2.05, 4.69) is 16.0 Å². The highest BCUT2D eigenvalue weighted by Crippen LogP contribution is 2.31. The summed E-state index contributed by atoms with van der Waals surface area (Å²) in [6, 6.07) is 6.47. The molecule has 4 atom stereocenters. The number of carbonyl (C=O) groups excluding carboxylic acids is 2. The number of hydrogen-bond acceptors (Lipinski definition) is 4. The van der Waals surface area contributed by atoms with Crippen LogP contribution in [0.2, 0.25) is 0 Å². The monoisotopic (exact) mass is 315 g/mol. The molecule has 3 N–H and O–H groups in total. The van der Waals surface area contributed by atoms with Crippen molar-refractivity contribution in [3.8, 4) is 5.75 Å². The number of anilines is 1. The number of fused-ring (bicyclic) bond motifs is 3. The van der Waals surface area contributed by atoms with Gasteiger partial charge in [-0.25, -0.2) is 0 Å². The lowest BCUT2D eigenvalue weighted by atomic mass is 9.99. The Morgan fingerprint density at radius 1 is 1.26 bits per heavy atom. The molecule has 3 heterocycles. The van der Waals surface area contributed by atoms with Crippen molar-refractivity contribution < 1.29 is 14.3 Å². The third-order valence-corrected chi connectivity index (χ3v) is 4.98. The molecular weight excluding hydrogens is 294 g/mol. The van der Waals surface area contributed by atoms with Gasteiger partial charge in [0.2, 0.25) is 0 Å². The smallest absolute Gasteiger partial charge is 0.265 e. The Morgan fingerprint density at radius 3 is 2.74 bits per heavy atom. The highest BCUT2D eigenvalue weighted by molar-refractivity contribution is 6.01. The summed E-state index contributed by atoms with van der Waals surface area (Å²) in [6.45, 7) is 1.70. The van der Waals surface area contributed by atoms with Crippen LogP contribution in [-0.4, -0.2) is 36.0 Å². The van der Waals surface area contributed by atoms with Crippen LogP contribution in [0.4, 0.5) is 5.69 Å². The molecule has 1 aromatic carbocycles. The summed E-state index contributed by atoms with van der Waals surface area (Å²) in [5, 5.41) is 9.48. The molecular formula is C17H21N3O3. The Hall–Kier alpha value is -2.08.